The molecular formula is C12H16F3N3S. The average molecular weight is 291 g/mol. The van der Waals surface area contributed by atoms with Gasteiger partial charge in [0, 0.05) is 19.2 Å². The molecule has 19 heavy (non-hydrogen) atoms. The summed E-state index contributed by atoms with van der Waals surface area (Å²) in [5.41, 5.74) is 3.36. The van der Waals surface area contributed by atoms with Gasteiger partial charge in [0.2, 0.25) is 0 Å². The zero-order chi connectivity index (χ0) is 14.0. The summed E-state index contributed by atoms with van der Waals surface area (Å²) in [6.07, 6.45) is 0.328. The van der Waals surface area contributed by atoms with Crippen molar-refractivity contribution in [2.45, 2.75) is 32.4 Å². The number of thiazole rings is 1. The summed E-state index contributed by atoms with van der Waals surface area (Å²) < 4.78 is 37.7. The minimum Gasteiger partial charge on any atom is -0.313 e. The van der Waals surface area contributed by atoms with E-state index in [1.807, 2.05) is 6.92 Å². The van der Waals surface area contributed by atoms with Crippen molar-refractivity contribution >= 4 is 17.0 Å². The van der Waals surface area contributed by atoms with Gasteiger partial charge in [-0.3, -0.25) is 0 Å². The SMILES string of the molecule is CN/N=C(/c1cnc(C(F)(F)F)s1)C(C)C1CCC1. The van der Waals surface area contributed by atoms with E-state index >= 15 is 0 Å². The van der Waals surface area contributed by atoms with Crippen LogP contribution in [-0.4, -0.2) is 17.7 Å². The number of halogens is 3. The minimum absolute atomic E-state index is 0.155. The molecule has 0 aliphatic heterocycles. The molecule has 1 aromatic heterocycles. The number of hydrogen-bond donors (Lipinski definition) is 1. The zero-order valence-electron chi connectivity index (χ0n) is 10.8. The molecule has 1 atom stereocenters. The van der Waals surface area contributed by atoms with Crippen LogP contribution in [0.1, 0.15) is 36.1 Å². The number of hydrogen-bond acceptors (Lipinski definition) is 4. The third kappa shape index (κ3) is 3.08. The molecule has 0 amide bonds. The second-order valence-electron chi connectivity index (χ2n) is 4.73. The fraction of sp³-hybridized carbons (Fsp3) is 0.667. The normalized spacial score (nSPS) is 19.1. The monoisotopic (exact) mass is 291 g/mol. The van der Waals surface area contributed by atoms with E-state index in [0.29, 0.717) is 27.8 Å². The number of rotatable bonds is 4. The fourth-order valence-electron chi connectivity index (χ4n) is 2.19. The average Bonchev–Trinajstić information content (AvgIpc) is 2.71. The molecule has 2 rings (SSSR count). The number of nitrogens with one attached hydrogen (secondary N) is 1. The van der Waals surface area contributed by atoms with Crippen molar-refractivity contribution in [1.82, 2.24) is 10.4 Å². The molecule has 3 nitrogen and oxygen atoms in total. The van der Waals surface area contributed by atoms with Crippen LogP contribution >= 0.6 is 11.3 Å². The molecule has 1 aromatic rings. The van der Waals surface area contributed by atoms with Crippen molar-refractivity contribution in [2.24, 2.45) is 16.9 Å². The highest BCUT2D eigenvalue weighted by Gasteiger charge is 2.36. The summed E-state index contributed by atoms with van der Waals surface area (Å²) in [6.45, 7) is 2.02. The van der Waals surface area contributed by atoms with E-state index in [0.717, 1.165) is 12.8 Å². The van der Waals surface area contributed by atoms with Crippen LogP contribution in [0.2, 0.25) is 0 Å². The molecule has 1 fully saturated rings. The molecule has 1 heterocycles. The Hall–Kier alpha value is -1.11. The predicted octanol–water partition coefficient (Wildman–Crippen LogP) is 3.52. The van der Waals surface area contributed by atoms with Crippen molar-refractivity contribution in [3.63, 3.8) is 0 Å². The highest BCUT2D eigenvalue weighted by molar-refractivity contribution is 7.13. The molecular weight excluding hydrogens is 275 g/mol. The molecule has 7 heteroatoms. The largest absolute Gasteiger partial charge is 0.443 e. The standard InChI is InChI=1S/C12H16F3N3S/c1-7(8-4-3-5-8)10(18-16-2)9-6-17-11(19-9)12(13,14)15/h6-8,16H,3-5H2,1-2H3/b18-10+. The van der Waals surface area contributed by atoms with E-state index in [1.165, 1.54) is 12.6 Å². The Kier molecular flexibility index (Phi) is 4.13. The molecule has 106 valence electrons. The maximum Gasteiger partial charge on any atom is 0.443 e. The smallest absolute Gasteiger partial charge is 0.313 e. The first kappa shape index (κ1) is 14.3. The van der Waals surface area contributed by atoms with Crippen LogP contribution in [-0.2, 0) is 6.18 Å². The zero-order valence-corrected chi connectivity index (χ0v) is 11.6. The lowest BCUT2D eigenvalue weighted by molar-refractivity contribution is -0.137. The minimum atomic E-state index is -4.38. The second kappa shape index (κ2) is 5.48. The Balaban J connectivity index is 2.24. The molecule has 1 saturated carbocycles. The molecule has 0 spiro atoms. The maximum absolute atomic E-state index is 12.6. The van der Waals surface area contributed by atoms with E-state index in [-0.39, 0.29) is 5.92 Å². The van der Waals surface area contributed by atoms with Crippen LogP contribution in [0.4, 0.5) is 13.2 Å². The number of nitrogens with zero attached hydrogens (tertiary/aromatic N) is 2. The van der Waals surface area contributed by atoms with Crippen LogP contribution in [0.3, 0.4) is 0 Å². The topological polar surface area (TPSA) is 37.3 Å². The third-order valence-electron chi connectivity index (χ3n) is 3.52. The van der Waals surface area contributed by atoms with Gasteiger partial charge in [-0.1, -0.05) is 13.3 Å². The van der Waals surface area contributed by atoms with Crippen LogP contribution in [0, 0.1) is 11.8 Å². The van der Waals surface area contributed by atoms with Crippen molar-refractivity contribution in [3.8, 4) is 0 Å². The molecule has 1 aliphatic carbocycles. The van der Waals surface area contributed by atoms with E-state index in [4.69, 9.17) is 0 Å². The van der Waals surface area contributed by atoms with Crippen molar-refractivity contribution in [1.29, 1.82) is 0 Å². The second-order valence-corrected chi connectivity index (χ2v) is 5.76. The van der Waals surface area contributed by atoms with E-state index in [1.54, 1.807) is 7.05 Å². The highest BCUT2D eigenvalue weighted by Crippen LogP contribution is 2.38. The van der Waals surface area contributed by atoms with Gasteiger partial charge in [0.1, 0.15) is 0 Å². The van der Waals surface area contributed by atoms with Gasteiger partial charge < -0.3 is 5.43 Å². The quantitative estimate of drug-likeness (QED) is 0.680. The third-order valence-corrected chi connectivity index (χ3v) is 4.59. The molecule has 1 aliphatic rings. The first-order chi connectivity index (χ1) is 8.93. The Bertz CT molecular complexity index is 463. The summed E-state index contributed by atoms with van der Waals surface area (Å²) in [4.78, 5) is 3.96. The van der Waals surface area contributed by atoms with Crippen molar-refractivity contribution in [2.75, 3.05) is 7.05 Å². The number of alkyl halides is 3. The van der Waals surface area contributed by atoms with Crippen molar-refractivity contribution in [3.05, 3.63) is 16.1 Å². The molecule has 1 N–H and O–H groups in total. The highest BCUT2D eigenvalue weighted by atomic mass is 32.1. The lowest BCUT2D eigenvalue weighted by atomic mass is 9.74. The summed E-state index contributed by atoms with van der Waals surface area (Å²) in [7, 11) is 1.65. The fourth-order valence-corrected chi connectivity index (χ4v) is 3.06. The molecule has 0 aromatic carbocycles. The van der Waals surface area contributed by atoms with Gasteiger partial charge in [-0.15, -0.1) is 11.3 Å². The van der Waals surface area contributed by atoms with Crippen LogP contribution in [0.15, 0.2) is 11.3 Å². The predicted molar refractivity (Wildman–Crippen MR) is 69.2 cm³/mol. The van der Waals surface area contributed by atoms with Gasteiger partial charge in [0.05, 0.1) is 10.6 Å². The number of aromatic nitrogens is 1. The summed E-state index contributed by atoms with van der Waals surface area (Å²) in [5.74, 6) is 0.672. The van der Waals surface area contributed by atoms with Gasteiger partial charge in [-0.25, -0.2) is 4.98 Å². The Morgan fingerprint density at radius 1 is 1.53 bits per heavy atom. The molecule has 0 saturated heterocycles. The first-order valence-electron chi connectivity index (χ1n) is 6.21. The van der Waals surface area contributed by atoms with Crippen LogP contribution in [0.25, 0.3) is 0 Å². The Labute approximate surface area is 113 Å². The lowest BCUT2D eigenvalue weighted by Gasteiger charge is -2.31. The van der Waals surface area contributed by atoms with Gasteiger partial charge >= 0.3 is 6.18 Å². The van der Waals surface area contributed by atoms with E-state index < -0.39 is 11.2 Å². The molecule has 0 bridgehead atoms. The molecule has 0 radical (unpaired) electrons. The summed E-state index contributed by atoms with van der Waals surface area (Å²) in [6, 6.07) is 0. The summed E-state index contributed by atoms with van der Waals surface area (Å²) in [5, 5.41) is 3.35. The maximum atomic E-state index is 12.6. The Morgan fingerprint density at radius 2 is 2.21 bits per heavy atom. The van der Waals surface area contributed by atoms with Crippen LogP contribution in [0.5, 0.6) is 0 Å². The Morgan fingerprint density at radius 3 is 2.63 bits per heavy atom. The number of hydrazone groups is 1. The van der Waals surface area contributed by atoms with Crippen molar-refractivity contribution < 1.29 is 13.2 Å². The lowest BCUT2D eigenvalue weighted by Crippen LogP contribution is -2.27. The molecule has 1 unspecified atom stereocenters. The van der Waals surface area contributed by atoms with Crippen LogP contribution < -0.4 is 5.43 Å². The van der Waals surface area contributed by atoms with Gasteiger partial charge in [-0.2, -0.15) is 18.3 Å². The van der Waals surface area contributed by atoms with Gasteiger partial charge in [-0.05, 0) is 18.8 Å². The van der Waals surface area contributed by atoms with Gasteiger partial charge in [0.15, 0.2) is 5.01 Å². The van der Waals surface area contributed by atoms with E-state index in [2.05, 4.69) is 15.5 Å². The first-order valence-corrected chi connectivity index (χ1v) is 7.03. The van der Waals surface area contributed by atoms with Gasteiger partial charge in [0.25, 0.3) is 0 Å². The summed E-state index contributed by atoms with van der Waals surface area (Å²) >= 11 is 0.661. The van der Waals surface area contributed by atoms with E-state index in [9.17, 15) is 13.2 Å².